The Bertz CT molecular complexity index is 172. The van der Waals surface area contributed by atoms with E-state index in [0.717, 1.165) is 0 Å². The Labute approximate surface area is 71.5 Å². The highest BCUT2D eigenvalue weighted by Gasteiger charge is 2.15. The van der Waals surface area contributed by atoms with Crippen molar-refractivity contribution in [2.24, 2.45) is 0 Å². The van der Waals surface area contributed by atoms with E-state index >= 15 is 0 Å². The first kappa shape index (κ1) is 10.6. The molecule has 64 valence electrons. The number of rotatable bonds is 4. The van der Waals surface area contributed by atoms with Gasteiger partial charge < -0.3 is 4.48 Å². The normalized spacial score (nSPS) is 11.3. The van der Waals surface area contributed by atoms with Gasteiger partial charge in [-0.3, -0.25) is 9.59 Å². The number of carbonyl (C=O) groups excluding carboxylic acids is 2. The van der Waals surface area contributed by atoms with E-state index < -0.39 is 5.24 Å². The van der Waals surface area contributed by atoms with Gasteiger partial charge in [0, 0.05) is 0 Å². The van der Waals surface area contributed by atoms with Crippen molar-refractivity contribution >= 4 is 22.6 Å². The average Bonchev–Trinajstić information content (AvgIpc) is 1.53. The van der Waals surface area contributed by atoms with Gasteiger partial charge in [0.25, 0.3) is 0 Å². The van der Waals surface area contributed by atoms with Gasteiger partial charge in [-0.25, -0.2) is 0 Å². The SMILES string of the molecule is C[N+](C)(C)CC(=O)CC(=O)Cl. The van der Waals surface area contributed by atoms with E-state index in [-0.39, 0.29) is 12.2 Å². The zero-order valence-electron chi connectivity index (χ0n) is 7.06. The second-order valence-electron chi connectivity index (χ2n) is 3.52. The molecule has 0 heterocycles. The van der Waals surface area contributed by atoms with Crippen LogP contribution in [0, 0.1) is 0 Å². The minimum Gasteiger partial charge on any atom is -0.325 e. The zero-order valence-corrected chi connectivity index (χ0v) is 7.81. The van der Waals surface area contributed by atoms with Gasteiger partial charge in [0.1, 0.15) is 6.54 Å². The average molecular weight is 179 g/mol. The van der Waals surface area contributed by atoms with E-state index in [2.05, 4.69) is 0 Å². The first-order valence-electron chi connectivity index (χ1n) is 3.32. The Balaban J connectivity index is 3.80. The molecule has 0 radical (unpaired) electrons. The van der Waals surface area contributed by atoms with Crippen LogP contribution < -0.4 is 0 Å². The second-order valence-corrected chi connectivity index (χ2v) is 3.94. The number of halogens is 1. The summed E-state index contributed by atoms with van der Waals surface area (Å²) in [5.41, 5.74) is 0. The summed E-state index contributed by atoms with van der Waals surface area (Å²) >= 11 is 5.03. The van der Waals surface area contributed by atoms with E-state index in [1.54, 1.807) is 0 Å². The smallest absolute Gasteiger partial charge is 0.229 e. The van der Waals surface area contributed by atoms with Crippen LogP contribution in [0.2, 0.25) is 0 Å². The van der Waals surface area contributed by atoms with Crippen molar-refractivity contribution in [1.82, 2.24) is 0 Å². The molecule has 11 heavy (non-hydrogen) atoms. The molecule has 0 bridgehead atoms. The molecule has 0 spiro atoms. The van der Waals surface area contributed by atoms with Gasteiger partial charge in [-0.2, -0.15) is 0 Å². The van der Waals surface area contributed by atoms with Crippen molar-refractivity contribution in [2.45, 2.75) is 6.42 Å². The molecule has 0 aromatic rings. The monoisotopic (exact) mass is 178 g/mol. The lowest BCUT2D eigenvalue weighted by molar-refractivity contribution is -0.862. The van der Waals surface area contributed by atoms with Crippen LogP contribution in [0.4, 0.5) is 0 Å². The molecule has 0 aliphatic carbocycles. The molecule has 0 rings (SSSR count). The number of nitrogens with zero attached hydrogens (tertiary/aromatic N) is 1. The lowest BCUT2D eigenvalue weighted by Gasteiger charge is -2.22. The minimum absolute atomic E-state index is 0.113. The number of ketones is 1. The molecule has 4 heteroatoms. The fourth-order valence-corrected chi connectivity index (χ4v) is 0.889. The fraction of sp³-hybridized carbons (Fsp3) is 0.714. The Morgan fingerprint density at radius 3 is 2.00 bits per heavy atom. The highest BCUT2D eigenvalue weighted by atomic mass is 35.5. The van der Waals surface area contributed by atoms with Crippen molar-refractivity contribution < 1.29 is 14.1 Å². The molecular weight excluding hydrogens is 166 g/mol. The third-order valence-electron chi connectivity index (χ3n) is 0.987. The summed E-state index contributed by atoms with van der Waals surface area (Å²) in [4.78, 5) is 21.2. The molecule has 3 nitrogen and oxygen atoms in total. The molecule has 0 fully saturated rings. The minimum atomic E-state index is -0.580. The Hall–Kier alpha value is -0.410. The van der Waals surface area contributed by atoms with E-state index in [0.29, 0.717) is 11.0 Å². The van der Waals surface area contributed by atoms with Gasteiger partial charge >= 0.3 is 0 Å². The summed E-state index contributed by atoms with van der Waals surface area (Å²) in [6.07, 6.45) is -0.156. The number of likely N-dealkylation sites (N-methyl/N-ethyl adjacent to an activating group) is 1. The molecule has 0 amide bonds. The van der Waals surface area contributed by atoms with Crippen molar-refractivity contribution in [2.75, 3.05) is 27.7 Å². The fourth-order valence-electron chi connectivity index (χ4n) is 0.740. The molecule has 0 aliphatic heterocycles. The third-order valence-corrected chi connectivity index (χ3v) is 1.12. The number of hydrogen-bond acceptors (Lipinski definition) is 2. The van der Waals surface area contributed by atoms with Crippen molar-refractivity contribution in [3.8, 4) is 0 Å². The van der Waals surface area contributed by atoms with E-state index in [9.17, 15) is 9.59 Å². The van der Waals surface area contributed by atoms with Gasteiger partial charge in [0.2, 0.25) is 5.24 Å². The lowest BCUT2D eigenvalue weighted by atomic mass is 10.3. The number of carbonyl (C=O) groups is 2. The Morgan fingerprint density at radius 1 is 1.27 bits per heavy atom. The van der Waals surface area contributed by atoms with Gasteiger partial charge in [0.05, 0.1) is 27.6 Å². The Kier molecular flexibility index (Phi) is 3.69. The summed E-state index contributed by atoms with van der Waals surface area (Å²) in [6, 6.07) is 0. The zero-order chi connectivity index (χ0) is 9.07. The highest BCUT2D eigenvalue weighted by Crippen LogP contribution is 1.96. The predicted molar refractivity (Wildman–Crippen MR) is 43.4 cm³/mol. The Morgan fingerprint density at radius 2 is 1.73 bits per heavy atom. The van der Waals surface area contributed by atoms with Gasteiger partial charge in [0.15, 0.2) is 5.78 Å². The molecule has 0 aromatic carbocycles. The maximum atomic E-state index is 10.9. The summed E-state index contributed by atoms with van der Waals surface area (Å²) < 4.78 is 0.531. The molecule has 0 unspecified atom stereocenters. The van der Waals surface area contributed by atoms with Crippen molar-refractivity contribution in [1.29, 1.82) is 0 Å². The molecule has 0 aliphatic rings. The summed E-state index contributed by atoms with van der Waals surface area (Å²) in [5, 5.41) is -0.580. The second kappa shape index (κ2) is 3.83. The van der Waals surface area contributed by atoms with Crippen molar-refractivity contribution in [3.63, 3.8) is 0 Å². The van der Waals surface area contributed by atoms with Crippen LogP contribution in [0.3, 0.4) is 0 Å². The number of quaternary nitrogens is 1. The van der Waals surface area contributed by atoms with Crippen LogP contribution in [0.5, 0.6) is 0 Å². The molecule has 0 N–H and O–H groups in total. The van der Waals surface area contributed by atoms with Gasteiger partial charge in [-0.15, -0.1) is 0 Å². The van der Waals surface area contributed by atoms with Crippen LogP contribution in [-0.4, -0.2) is 43.2 Å². The summed E-state index contributed by atoms with van der Waals surface area (Å²) in [7, 11) is 5.66. The van der Waals surface area contributed by atoms with Crippen LogP contribution in [0.25, 0.3) is 0 Å². The van der Waals surface area contributed by atoms with Crippen LogP contribution >= 0.6 is 11.6 Å². The third kappa shape index (κ3) is 7.49. The lowest BCUT2D eigenvalue weighted by Crippen LogP contribution is -2.39. The van der Waals surface area contributed by atoms with E-state index in [1.807, 2.05) is 21.1 Å². The summed E-state index contributed by atoms with van der Waals surface area (Å²) in [5.74, 6) is -0.113. The molecular formula is C7H13ClNO2+. The molecule has 0 saturated heterocycles. The van der Waals surface area contributed by atoms with Crippen LogP contribution in [-0.2, 0) is 9.59 Å². The van der Waals surface area contributed by atoms with E-state index in [1.165, 1.54) is 0 Å². The first-order chi connectivity index (χ1) is 4.81. The largest absolute Gasteiger partial charge is 0.325 e. The maximum Gasteiger partial charge on any atom is 0.229 e. The van der Waals surface area contributed by atoms with Crippen LogP contribution in [0.15, 0.2) is 0 Å². The summed E-state index contributed by atoms with van der Waals surface area (Å²) in [6.45, 7) is 0.346. The van der Waals surface area contributed by atoms with E-state index in [4.69, 9.17) is 11.6 Å². The number of Topliss-reactive ketones (excluding diaryl/α,β-unsaturated/α-hetero) is 1. The predicted octanol–water partition coefficient (Wildman–Crippen LogP) is 0.417. The topological polar surface area (TPSA) is 34.1 Å². The van der Waals surface area contributed by atoms with Gasteiger partial charge in [-0.1, -0.05) is 0 Å². The maximum absolute atomic E-state index is 10.9. The van der Waals surface area contributed by atoms with Crippen molar-refractivity contribution in [3.05, 3.63) is 0 Å². The molecule has 0 atom stereocenters. The first-order valence-corrected chi connectivity index (χ1v) is 3.69. The van der Waals surface area contributed by atoms with Crippen LogP contribution in [0.1, 0.15) is 6.42 Å². The van der Waals surface area contributed by atoms with Gasteiger partial charge in [-0.05, 0) is 11.6 Å². The molecule has 0 aromatic heterocycles. The number of hydrogen-bond donors (Lipinski definition) is 0. The quantitative estimate of drug-likeness (QED) is 0.355. The standard InChI is InChI=1S/C7H13ClNO2/c1-9(2,3)5-6(10)4-7(8)11/h4-5H2,1-3H3/q+1. The highest BCUT2D eigenvalue weighted by molar-refractivity contribution is 6.64. The molecule has 0 saturated carbocycles.